The van der Waals surface area contributed by atoms with Crippen LogP contribution in [0.4, 0.5) is 0 Å². The Balaban J connectivity index is 1.47. The van der Waals surface area contributed by atoms with Gasteiger partial charge in [-0.3, -0.25) is 4.79 Å². The molecule has 1 saturated carbocycles. The number of pyridine rings is 1. The second-order valence-corrected chi connectivity index (χ2v) is 11.5. The molecule has 8 heteroatoms. The molecule has 0 unspecified atom stereocenters. The van der Waals surface area contributed by atoms with E-state index in [9.17, 15) is 9.90 Å². The van der Waals surface area contributed by atoms with Crippen LogP contribution in [0.1, 0.15) is 80.5 Å². The van der Waals surface area contributed by atoms with Crippen molar-refractivity contribution < 1.29 is 14.6 Å². The minimum Gasteiger partial charge on any atom is -0.471 e. The molecule has 1 amide bonds. The first-order valence-corrected chi connectivity index (χ1v) is 13.0. The van der Waals surface area contributed by atoms with Gasteiger partial charge in [0.2, 0.25) is 5.88 Å². The number of carbonyl (C=O) groups is 1. The maximum Gasteiger partial charge on any atom is 0.271 e. The molecule has 0 radical (unpaired) electrons. The Hall–Kier alpha value is -2.29. The number of amides is 1. The summed E-state index contributed by atoms with van der Waals surface area (Å²) in [5.41, 5.74) is 4.23. The van der Waals surface area contributed by atoms with E-state index in [0.717, 1.165) is 37.7 Å². The molecule has 0 bridgehead atoms. The number of fused-ring (bicyclic) bond motifs is 1. The maximum atomic E-state index is 12.5. The van der Waals surface area contributed by atoms with Gasteiger partial charge in [-0.25, -0.2) is 9.97 Å². The first-order valence-electron chi connectivity index (χ1n) is 12.1. The molecule has 3 N–H and O–H groups in total. The zero-order valence-corrected chi connectivity index (χ0v) is 21.2. The zero-order chi connectivity index (χ0) is 24.3. The molecule has 2 aliphatic rings. The average molecular weight is 485 g/mol. The molecule has 2 aromatic heterocycles. The van der Waals surface area contributed by atoms with Crippen LogP contribution in [0.3, 0.4) is 0 Å². The van der Waals surface area contributed by atoms with Crippen LogP contribution in [0, 0.1) is 5.41 Å². The van der Waals surface area contributed by atoms with Crippen LogP contribution in [-0.2, 0) is 6.42 Å². The van der Waals surface area contributed by atoms with Crippen molar-refractivity contribution >= 4 is 17.2 Å². The molecule has 7 nitrogen and oxygen atoms in total. The SMILES string of the molecule is C=CC[C@H](NC(=O)c1cscn1)[C@H](O)CN[C@H]1CC2(CCC2)Oc2ncc(CC(C)(C)C)cc21. The molecule has 1 spiro atoms. The molecule has 1 fully saturated rings. The van der Waals surface area contributed by atoms with Crippen molar-refractivity contribution in [2.75, 3.05) is 6.54 Å². The largest absolute Gasteiger partial charge is 0.471 e. The number of nitrogens with one attached hydrogen (secondary N) is 2. The molecule has 184 valence electrons. The lowest BCUT2D eigenvalue weighted by molar-refractivity contribution is -0.0420. The number of nitrogens with zero attached hydrogens (tertiary/aromatic N) is 2. The fourth-order valence-corrected chi connectivity index (χ4v) is 5.34. The Bertz CT molecular complexity index is 998. The van der Waals surface area contributed by atoms with Crippen molar-refractivity contribution in [2.24, 2.45) is 5.41 Å². The number of rotatable bonds is 9. The third-order valence-electron chi connectivity index (χ3n) is 6.64. The van der Waals surface area contributed by atoms with Crippen LogP contribution < -0.4 is 15.4 Å². The van der Waals surface area contributed by atoms with Crippen LogP contribution in [-0.4, -0.2) is 45.3 Å². The number of hydrogen-bond acceptors (Lipinski definition) is 7. The molecular weight excluding hydrogens is 448 g/mol. The van der Waals surface area contributed by atoms with Crippen molar-refractivity contribution in [2.45, 2.75) is 83.1 Å². The Kier molecular flexibility index (Phi) is 7.40. The summed E-state index contributed by atoms with van der Waals surface area (Å²) in [6.07, 6.45) is 8.33. The van der Waals surface area contributed by atoms with E-state index < -0.39 is 12.1 Å². The van der Waals surface area contributed by atoms with Gasteiger partial charge < -0.3 is 20.5 Å². The van der Waals surface area contributed by atoms with Gasteiger partial charge in [0.25, 0.3) is 5.91 Å². The maximum absolute atomic E-state index is 12.5. The van der Waals surface area contributed by atoms with Gasteiger partial charge in [0, 0.05) is 36.1 Å². The van der Waals surface area contributed by atoms with Crippen LogP contribution in [0.5, 0.6) is 5.88 Å². The van der Waals surface area contributed by atoms with E-state index in [0.29, 0.717) is 24.5 Å². The average Bonchev–Trinajstić information content (AvgIpc) is 3.30. The summed E-state index contributed by atoms with van der Waals surface area (Å²) in [5.74, 6) is 0.420. The van der Waals surface area contributed by atoms with Crippen molar-refractivity contribution in [3.63, 3.8) is 0 Å². The van der Waals surface area contributed by atoms with Gasteiger partial charge in [-0.1, -0.05) is 26.8 Å². The number of aliphatic hydroxyl groups is 1. The van der Waals surface area contributed by atoms with Gasteiger partial charge in [-0.15, -0.1) is 17.9 Å². The summed E-state index contributed by atoms with van der Waals surface area (Å²) in [7, 11) is 0. The van der Waals surface area contributed by atoms with Crippen molar-refractivity contribution in [1.82, 2.24) is 20.6 Å². The normalized spacial score (nSPS) is 20.5. The number of aromatic nitrogens is 2. The van der Waals surface area contributed by atoms with E-state index in [1.807, 2.05) is 6.20 Å². The van der Waals surface area contributed by atoms with Crippen molar-refractivity contribution in [1.29, 1.82) is 0 Å². The standard InChI is InChI=1S/C26H36N4O3S/c1-5-7-19(30-23(32)21-15-34-16-29-21)22(31)14-27-20-12-26(8-6-9-26)33-24-18(20)10-17(13-28-24)11-25(2,3)4/h5,10,13,15-16,19-20,22,27,31H,1,6-9,11-12,14H2,2-4H3,(H,30,32)/t19-,20-,22+/m0/s1. The lowest BCUT2D eigenvalue weighted by Crippen LogP contribution is -2.52. The fourth-order valence-electron chi connectivity index (χ4n) is 4.81. The quantitative estimate of drug-likeness (QED) is 0.462. The van der Waals surface area contributed by atoms with Crippen LogP contribution in [0.25, 0.3) is 0 Å². The molecule has 1 aliphatic carbocycles. The van der Waals surface area contributed by atoms with E-state index in [1.165, 1.54) is 16.9 Å². The summed E-state index contributed by atoms with van der Waals surface area (Å²) in [6, 6.07) is 1.78. The highest BCUT2D eigenvalue weighted by Gasteiger charge is 2.46. The fraction of sp³-hybridized carbons (Fsp3) is 0.577. The van der Waals surface area contributed by atoms with Gasteiger partial charge in [0.1, 0.15) is 11.3 Å². The molecule has 34 heavy (non-hydrogen) atoms. The van der Waals surface area contributed by atoms with Crippen LogP contribution in [0.2, 0.25) is 0 Å². The lowest BCUT2D eigenvalue weighted by Gasteiger charge is -2.47. The van der Waals surface area contributed by atoms with Crippen molar-refractivity contribution in [3.05, 3.63) is 52.6 Å². The zero-order valence-electron chi connectivity index (χ0n) is 20.3. The Morgan fingerprint density at radius 2 is 2.21 bits per heavy atom. The molecule has 4 rings (SSSR count). The number of thiazole rings is 1. The topological polar surface area (TPSA) is 96.4 Å². The highest BCUT2D eigenvalue weighted by molar-refractivity contribution is 7.07. The molecule has 2 aromatic rings. The number of aliphatic hydroxyl groups excluding tert-OH is 1. The minimum absolute atomic E-state index is 0.0322. The third-order valence-corrected chi connectivity index (χ3v) is 7.23. The molecular formula is C26H36N4O3S. The second-order valence-electron chi connectivity index (χ2n) is 10.8. The summed E-state index contributed by atoms with van der Waals surface area (Å²) < 4.78 is 6.37. The first kappa shape index (κ1) is 24.8. The molecule has 1 aliphatic heterocycles. The summed E-state index contributed by atoms with van der Waals surface area (Å²) in [6.45, 7) is 10.8. The molecule has 0 aromatic carbocycles. The summed E-state index contributed by atoms with van der Waals surface area (Å²) in [4.78, 5) is 21.2. The van der Waals surface area contributed by atoms with Crippen molar-refractivity contribution in [3.8, 4) is 5.88 Å². The number of hydrogen-bond donors (Lipinski definition) is 3. The lowest BCUT2D eigenvalue weighted by atomic mass is 9.73. The predicted octanol–water partition coefficient (Wildman–Crippen LogP) is 4.20. The Morgan fingerprint density at radius 3 is 2.82 bits per heavy atom. The minimum atomic E-state index is -0.782. The number of ether oxygens (including phenoxy) is 1. The van der Waals surface area contributed by atoms with Gasteiger partial charge >= 0.3 is 0 Å². The molecule has 3 atom stereocenters. The summed E-state index contributed by atoms with van der Waals surface area (Å²) in [5, 5.41) is 19.2. The van der Waals surface area contributed by atoms with Crippen LogP contribution >= 0.6 is 11.3 Å². The van der Waals surface area contributed by atoms with E-state index in [2.05, 4.69) is 54.0 Å². The smallest absolute Gasteiger partial charge is 0.271 e. The third kappa shape index (κ3) is 5.85. The van der Waals surface area contributed by atoms with E-state index in [1.54, 1.807) is 17.0 Å². The van der Waals surface area contributed by atoms with E-state index in [4.69, 9.17) is 4.74 Å². The molecule has 3 heterocycles. The monoisotopic (exact) mass is 484 g/mol. The number of carbonyl (C=O) groups excluding carboxylic acids is 1. The first-order chi connectivity index (χ1) is 16.2. The highest BCUT2D eigenvalue weighted by atomic mass is 32.1. The molecule has 0 saturated heterocycles. The predicted molar refractivity (Wildman–Crippen MR) is 134 cm³/mol. The Labute approximate surface area is 206 Å². The second kappa shape index (κ2) is 10.1. The van der Waals surface area contributed by atoms with E-state index >= 15 is 0 Å². The highest BCUT2D eigenvalue weighted by Crippen LogP contribution is 2.48. The van der Waals surface area contributed by atoms with Gasteiger partial charge in [-0.2, -0.15) is 0 Å². The van der Waals surface area contributed by atoms with Gasteiger partial charge in [0.05, 0.1) is 17.7 Å². The Morgan fingerprint density at radius 1 is 1.41 bits per heavy atom. The summed E-state index contributed by atoms with van der Waals surface area (Å²) >= 11 is 1.37. The van der Waals surface area contributed by atoms with Crippen LogP contribution in [0.15, 0.2) is 35.8 Å². The van der Waals surface area contributed by atoms with E-state index in [-0.39, 0.29) is 23.0 Å². The van der Waals surface area contributed by atoms with Gasteiger partial charge in [-0.05, 0) is 49.1 Å². The van der Waals surface area contributed by atoms with Gasteiger partial charge in [0.15, 0.2) is 0 Å².